The average molecular weight is 296 g/mol. The number of rotatable bonds is 4. The SMILES string of the molecule is CC(CO)(Nc1ccccc1)c1cc(Cl)ccc1Cl. The van der Waals surface area contributed by atoms with Gasteiger partial charge >= 0.3 is 0 Å². The van der Waals surface area contributed by atoms with Gasteiger partial charge in [-0.25, -0.2) is 0 Å². The largest absolute Gasteiger partial charge is 0.394 e. The molecular weight excluding hydrogens is 281 g/mol. The molecule has 19 heavy (non-hydrogen) atoms. The van der Waals surface area contributed by atoms with Crippen molar-refractivity contribution in [3.63, 3.8) is 0 Å². The van der Waals surface area contributed by atoms with Crippen LogP contribution in [0, 0.1) is 0 Å². The quantitative estimate of drug-likeness (QED) is 0.881. The normalized spacial score (nSPS) is 13.9. The van der Waals surface area contributed by atoms with Gasteiger partial charge in [-0.15, -0.1) is 0 Å². The first-order valence-electron chi connectivity index (χ1n) is 5.95. The molecule has 0 saturated carbocycles. The fourth-order valence-electron chi connectivity index (χ4n) is 1.95. The molecule has 0 fully saturated rings. The third kappa shape index (κ3) is 3.21. The Hall–Kier alpha value is -1.22. The van der Waals surface area contributed by atoms with Crippen LogP contribution in [0.5, 0.6) is 0 Å². The van der Waals surface area contributed by atoms with Gasteiger partial charge in [-0.3, -0.25) is 0 Å². The maximum absolute atomic E-state index is 9.75. The molecule has 2 aromatic rings. The minimum absolute atomic E-state index is 0.0953. The number of hydrogen-bond acceptors (Lipinski definition) is 2. The van der Waals surface area contributed by atoms with E-state index in [1.165, 1.54) is 0 Å². The van der Waals surface area contributed by atoms with Crippen molar-refractivity contribution in [2.45, 2.75) is 12.5 Å². The topological polar surface area (TPSA) is 32.3 Å². The molecule has 0 aliphatic rings. The summed E-state index contributed by atoms with van der Waals surface area (Å²) in [6, 6.07) is 14.9. The van der Waals surface area contributed by atoms with E-state index in [0.29, 0.717) is 10.0 Å². The lowest BCUT2D eigenvalue weighted by Gasteiger charge is -2.31. The van der Waals surface area contributed by atoms with Gasteiger partial charge < -0.3 is 10.4 Å². The summed E-state index contributed by atoms with van der Waals surface area (Å²) < 4.78 is 0. The molecule has 0 bridgehead atoms. The van der Waals surface area contributed by atoms with Crippen molar-refractivity contribution >= 4 is 28.9 Å². The summed E-state index contributed by atoms with van der Waals surface area (Å²) in [5, 5.41) is 14.2. The smallest absolute Gasteiger partial charge is 0.0843 e. The third-order valence-corrected chi connectivity index (χ3v) is 3.60. The van der Waals surface area contributed by atoms with E-state index in [1.807, 2.05) is 37.3 Å². The van der Waals surface area contributed by atoms with E-state index >= 15 is 0 Å². The second-order valence-corrected chi connectivity index (χ2v) is 5.45. The first-order valence-corrected chi connectivity index (χ1v) is 6.70. The van der Waals surface area contributed by atoms with E-state index in [9.17, 15) is 5.11 Å². The zero-order valence-electron chi connectivity index (χ0n) is 10.5. The molecule has 0 spiro atoms. The highest BCUT2D eigenvalue weighted by Gasteiger charge is 2.28. The highest BCUT2D eigenvalue weighted by Crippen LogP contribution is 2.33. The lowest BCUT2D eigenvalue weighted by molar-refractivity contribution is 0.224. The van der Waals surface area contributed by atoms with Crippen molar-refractivity contribution in [3.8, 4) is 0 Å². The molecule has 2 rings (SSSR count). The van der Waals surface area contributed by atoms with Gasteiger partial charge in [-0.2, -0.15) is 0 Å². The van der Waals surface area contributed by atoms with Crippen LogP contribution in [0.3, 0.4) is 0 Å². The molecule has 0 aromatic heterocycles. The number of aliphatic hydroxyl groups excluding tert-OH is 1. The first-order chi connectivity index (χ1) is 9.05. The minimum Gasteiger partial charge on any atom is -0.394 e. The maximum Gasteiger partial charge on any atom is 0.0843 e. The Morgan fingerprint density at radius 2 is 1.79 bits per heavy atom. The van der Waals surface area contributed by atoms with Gasteiger partial charge in [0.05, 0.1) is 12.1 Å². The second-order valence-electron chi connectivity index (χ2n) is 4.61. The molecular formula is C15H15Cl2NO. The van der Waals surface area contributed by atoms with Crippen LogP contribution >= 0.6 is 23.2 Å². The van der Waals surface area contributed by atoms with Crippen LogP contribution in [0.15, 0.2) is 48.5 Å². The van der Waals surface area contributed by atoms with Gasteiger partial charge in [0, 0.05) is 15.7 Å². The molecule has 0 amide bonds. The number of halogens is 2. The number of anilines is 1. The highest BCUT2D eigenvalue weighted by molar-refractivity contribution is 6.33. The van der Waals surface area contributed by atoms with E-state index in [1.54, 1.807) is 18.2 Å². The molecule has 0 saturated heterocycles. The molecule has 1 atom stereocenters. The van der Waals surface area contributed by atoms with Gasteiger partial charge in [0.1, 0.15) is 0 Å². The Morgan fingerprint density at radius 3 is 2.42 bits per heavy atom. The zero-order chi connectivity index (χ0) is 13.9. The summed E-state index contributed by atoms with van der Waals surface area (Å²) in [5.74, 6) is 0. The van der Waals surface area contributed by atoms with Gasteiger partial charge in [0.2, 0.25) is 0 Å². The molecule has 0 radical (unpaired) electrons. The summed E-state index contributed by atoms with van der Waals surface area (Å²) in [6.45, 7) is 1.79. The summed E-state index contributed by atoms with van der Waals surface area (Å²) >= 11 is 12.2. The Kier molecular flexibility index (Phi) is 4.35. The van der Waals surface area contributed by atoms with E-state index in [-0.39, 0.29) is 6.61 Å². The Labute approximate surface area is 123 Å². The molecule has 0 aliphatic heterocycles. The summed E-state index contributed by atoms with van der Waals surface area (Å²) in [7, 11) is 0. The van der Waals surface area contributed by atoms with Gasteiger partial charge in [0.15, 0.2) is 0 Å². The molecule has 0 aliphatic carbocycles. The van der Waals surface area contributed by atoms with Crippen LogP contribution in [0.4, 0.5) is 5.69 Å². The van der Waals surface area contributed by atoms with E-state index in [2.05, 4.69) is 5.32 Å². The molecule has 2 nitrogen and oxygen atoms in total. The van der Waals surface area contributed by atoms with Crippen LogP contribution in [0.25, 0.3) is 0 Å². The summed E-state index contributed by atoms with van der Waals surface area (Å²) in [6.07, 6.45) is 0. The van der Waals surface area contributed by atoms with Crippen molar-refractivity contribution in [3.05, 3.63) is 64.1 Å². The number of aliphatic hydroxyl groups is 1. The summed E-state index contributed by atoms with van der Waals surface area (Å²) in [5.41, 5.74) is 0.992. The monoisotopic (exact) mass is 295 g/mol. The predicted molar refractivity (Wildman–Crippen MR) is 81.0 cm³/mol. The van der Waals surface area contributed by atoms with Crippen LogP contribution in [0.1, 0.15) is 12.5 Å². The van der Waals surface area contributed by atoms with Crippen molar-refractivity contribution in [2.75, 3.05) is 11.9 Å². The Bertz CT molecular complexity index is 559. The van der Waals surface area contributed by atoms with Crippen molar-refractivity contribution in [1.29, 1.82) is 0 Å². The number of para-hydroxylation sites is 1. The second kappa shape index (κ2) is 5.83. The lowest BCUT2D eigenvalue weighted by atomic mass is 9.92. The van der Waals surface area contributed by atoms with Crippen LogP contribution in [0.2, 0.25) is 10.0 Å². The predicted octanol–water partition coefficient (Wildman–Crippen LogP) is 4.31. The summed E-state index contributed by atoms with van der Waals surface area (Å²) in [4.78, 5) is 0. The molecule has 2 aromatic carbocycles. The van der Waals surface area contributed by atoms with Gasteiger partial charge in [0.25, 0.3) is 0 Å². The third-order valence-electron chi connectivity index (χ3n) is 3.03. The van der Waals surface area contributed by atoms with Crippen molar-refractivity contribution < 1.29 is 5.11 Å². The van der Waals surface area contributed by atoms with Gasteiger partial charge in [-0.1, -0.05) is 41.4 Å². The lowest BCUT2D eigenvalue weighted by Crippen LogP contribution is -2.36. The molecule has 4 heteroatoms. The Morgan fingerprint density at radius 1 is 1.11 bits per heavy atom. The zero-order valence-corrected chi connectivity index (χ0v) is 12.0. The molecule has 100 valence electrons. The Balaban J connectivity index is 2.39. The fraction of sp³-hybridized carbons (Fsp3) is 0.200. The fourth-order valence-corrected chi connectivity index (χ4v) is 2.45. The van der Waals surface area contributed by atoms with E-state index in [4.69, 9.17) is 23.2 Å². The van der Waals surface area contributed by atoms with Crippen LogP contribution < -0.4 is 5.32 Å². The maximum atomic E-state index is 9.75. The van der Waals surface area contributed by atoms with Crippen LogP contribution in [-0.2, 0) is 5.54 Å². The van der Waals surface area contributed by atoms with Gasteiger partial charge in [-0.05, 0) is 42.8 Å². The number of benzene rings is 2. The first kappa shape index (κ1) is 14.2. The number of hydrogen-bond donors (Lipinski definition) is 2. The minimum atomic E-state index is -0.691. The standard InChI is InChI=1S/C15H15Cl2NO/c1-15(10-19,18-12-5-3-2-4-6-12)13-9-11(16)7-8-14(13)17/h2-9,18-19H,10H2,1H3. The van der Waals surface area contributed by atoms with E-state index < -0.39 is 5.54 Å². The van der Waals surface area contributed by atoms with E-state index in [0.717, 1.165) is 11.3 Å². The number of nitrogens with one attached hydrogen (secondary N) is 1. The highest BCUT2D eigenvalue weighted by atomic mass is 35.5. The average Bonchev–Trinajstić information content (AvgIpc) is 2.42. The van der Waals surface area contributed by atoms with Crippen LogP contribution in [-0.4, -0.2) is 11.7 Å². The molecule has 1 unspecified atom stereocenters. The van der Waals surface area contributed by atoms with Crippen molar-refractivity contribution in [2.24, 2.45) is 0 Å². The molecule has 0 heterocycles. The van der Waals surface area contributed by atoms with Crippen molar-refractivity contribution in [1.82, 2.24) is 0 Å². The molecule has 2 N–H and O–H groups in total.